The monoisotopic (exact) mass is 314 g/mol. The fraction of sp³-hybridized carbons (Fsp3) is 0.600. The molecule has 2 aliphatic rings. The van der Waals surface area contributed by atoms with Crippen molar-refractivity contribution in [3.63, 3.8) is 0 Å². The van der Waals surface area contributed by atoms with E-state index in [1.807, 2.05) is 0 Å². The largest absolute Gasteiger partial charge is 0.471 e. The first-order valence-electron chi connectivity index (χ1n) is 7.42. The molecule has 0 atom stereocenters. The third-order valence-corrected chi connectivity index (χ3v) is 4.21. The van der Waals surface area contributed by atoms with Gasteiger partial charge in [0.05, 0.1) is 18.7 Å². The van der Waals surface area contributed by atoms with E-state index in [1.54, 1.807) is 4.90 Å². The Bertz CT molecular complexity index is 550. The molecule has 22 heavy (non-hydrogen) atoms. The van der Waals surface area contributed by atoms with Gasteiger partial charge in [-0.25, -0.2) is 4.98 Å². The van der Waals surface area contributed by atoms with E-state index in [2.05, 4.69) is 4.98 Å². The predicted molar refractivity (Wildman–Crippen MR) is 72.2 cm³/mol. The highest BCUT2D eigenvalue weighted by Crippen LogP contribution is 2.32. The van der Waals surface area contributed by atoms with Crippen LogP contribution in [0, 0.1) is 5.92 Å². The minimum absolute atomic E-state index is 0.0483. The van der Waals surface area contributed by atoms with Crippen molar-refractivity contribution in [1.82, 2.24) is 9.88 Å². The summed E-state index contributed by atoms with van der Waals surface area (Å²) in [5.74, 6) is 0.217. The number of hydrogen-bond donors (Lipinski definition) is 0. The smallest absolute Gasteiger partial charge is 0.416 e. The van der Waals surface area contributed by atoms with Crippen LogP contribution in [0.2, 0.25) is 0 Å². The van der Waals surface area contributed by atoms with Gasteiger partial charge in [-0.05, 0) is 18.9 Å². The van der Waals surface area contributed by atoms with Crippen LogP contribution in [-0.4, -0.2) is 35.0 Å². The molecule has 0 N–H and O–H groups in total. The molecule has 1 aromatic heterocycles. The quantitative estimate of drug-likeness (QED) is 0.861. The van der Waals surface area contributed by atoms with Crippen LogP contribution in [0.1, 0.15) is 31.2 Å². The van der Waals surface area contributed by atoms with E-state index in [9.17, 15) is 18.0 Å². The number of rotatable bonds is 3. The van der Waals surface area contributed by atoms with Crippen molar-refractivity contribution >= 4 is 5.91 Å². The number of likely N-dealkylation sites (tertiary alicyclic amines) is 1. The summed E-state index contributed by atoms with van der Waals surface area (Å²) in [5.41, 5.74) is -0.782. The van der Waals surface area contributed by atoms with Crippen LogP contribution in [0.25, 0.3) is 0 Å². The summed E-state index contributed by atoms with van der Waals surface area (Å²) in [6.45, 7) is 0.848. The van der Waals surface area contributed by atoms with E-state index in [0.29, 0.717) is 13.1 Å². The van der Waals surface area contributed by atoms with E-state index in [1.165, 1.54) is 0 Å². The first kappa shape index (κ1) is 15.1. The number of alkyl halides is 3. The lowest BCUT2D eigenvalue weighted by molar-refractivity contribution is -0.144. The zero-order valence-corrected chi connectivity index (χ0v) is 12.0. The Morgan fingerprint density at radius 2 is 1.95 bits per heavy atom. The molecule has 0 bridgehead atoms. The molecule has 7 heteroatoms. The zero-order chi connectivity index (χ0) is 15.7. The maximum absolute atomic E-state index is 12.6. The van der Waals surface area contributed by atoms with Gasteiger partial charge in [-0.1, -0.05) is 12.8 Å². The maximum atomic E-state index is 12.6. The Hall–Kier alpha value is -1.79. The van der Waals surface area contributed by atoms with Crippen molar-refractivity contribution in [3.8, 4) is 5.88 Å². The average molecular weight is 314 g/mol. The first-order valence-corrected chi connectivity index (χ1v) is 7.42. The Morgan fingerprint density at radius 3 is 2.59 bits per heavy atom. The van der Waals surface area contributed by atoms with Gasteiger partial charge in [-0.2, -0.15) is 13.2 Å². The molecule has 2 heterocycles. The van der Waals surface area contributed by atoms with Crippen LogP contribution in [0.15, 0.2) is 18.3 Å². The van der Waals surface area contributed by atoms with E-state index in [4.69, 9.17) is 4.74 Å². The molecule has 0 unspecified atom stereocenters. The molecular formula is C15H17F3N2O2. The van der Waals surface area contributed by atoms with Crippen LogP contribution in [0.3, 0.4) is 0 Å². The second-order valence-corrected chi connectivity index (χ2v) is 5.84. The van der Waals surface area contributed by atoms with Crippen LogP contribution in [-0.2, 0) is 11.0 Å². The molecule has 0 aromatic carbocycles. The maximum Gasteiger partial charge on any atom is 0.416 e. The van der Waals surface area contributed by atoms with Crippen molar-refractivity contribution in [1.29, 1.82) is 0 Å². The topological polar surface area (TPSA) is 42.4 Å². The van der Waals surface area contributed by atoms with Gasteiger partial charge >= 0.3 is 6.18 Å². The number of ether oxygens (including phenoxy) is 1. The molecule has 120 valence electrons. The summed E-state index contributed by atoms with van der Waals surface area (Å²) >= 11 is 0. The van der Waals surface area contributed by atoms with Gasteiger partial charge in [0, 0.05) is 18.2 Å². The number of halogens is 3. The van der Waals surface area contributed by atoms with Crippen molar-refractivity contribution in [2.75, 3.05) is 13.1 Å². The van der Waals surface area contributed by atoms with Crippen LogP contribution in [0.5, 0.6) is 5.88 Å². The fourth-order valence-electron chi connectivity index (χ4n) is 2.94. The molecule has 1 amide bonds. The Morgan fingerprint density at radius 1 is 1.27 bits per heavy atom. The molecule has 1 saturated carbocycles. The minimum atomic E-state index is -4.41. The summed E-state index contributed by atoms with van der Waals surface area (Å²) in [7, 11) is 0. The lowest BCUT2D eigenvalue weighted by Crippen LogP contribution is -2.57. The van der Waals surface area contributed by atoms with Gasteiger partial charge in [0.2, 0.25) is 11.8 Å². The fourth-order valence-corrected chi connectivity index (χ4v) is 2.94. The van der Waals surface area contributed by atoms with Crippen LogP contribution >= 0.6 is 0 Å². The van der Waals surface area contributed by atoms with E-state index < -0.39 is 11.7 Å². The third-order valence-electron chi connectivity index (χ3n) is 4.21. The van der Waals surface area contributed by atoms with Crippen molar-refractivity contribution in [3.05, 3.63) is 23.9 Å². The molecule has 1 aromatic rings. The normalized spacial score (nSPS) is 20.0. The number of pyridine rings is 1. The highest BCUT2D eigenvalue weighted by molar-refractivity contribution is 5.80. The number of hydrogen-bond acceptors (Lipinski definition) is 3. The molecule has 1 aliphatic heterocycles. The van der Waals surface area contributed by atoms with Gasteiger partial charge in [-0.3, -0.25) is 4.79 Å². The molecule has 1 saturated heterocycles. The second-order valence-electron chi connectivity index (χ2n) is 5.84. The molecule has 1 aliphatic carbocycles. The summed E-state index contributed by atoms with van der Waals surface area (Å²) in [6, 6.07) is 1.80. The summed E-state index contributed by atoms with van der Waals surface area (Å²) in [5, 5.41) is 0. The van der Waals surface area contributed by atoms with Gasteiger partial charge in [0.25, 0.3) is 0 Å². The number of carbonyl (C=O) groups excluding carboxylic acids is 1. The van der Waals surface area contributed by atoms with Crippen molar-refractivity contribution in [2.45, 2.75) is 38.0 Å². The van der Waals surface area contributed by atoms with Crippen LogP contribution < -0.4 is 4.74 Å². The molecule has 0 radical (unpaired) electrons. The van der Waals surface area contributed by atoms with E-state index >= 15 is 0 Å². The van der Waals surface area contributed by atoms with Gasteiger partial charge in [0.15, 0.2) is 0 Å². The lowest BCUT2D eigenvalue weighted by atomic mass is 10.0. The number of amides is 1. The van der Waals surface area contributed by atoms with E-state index in [-0.39, 0.29) is 23.8 Å². The highest BCUT2D eigenvalue weighted by atomic mass is 19.4. The lowest BCUT2D eigenvalue weighted by Gasteiger charge is -2.40. The number of nitrogens with zero attached hydrogens (tertiary/aromatic N) is 2. The zero-order valence-electron chi connectivity index (χ0n) is 12.0. The average Bonchev–Trinajstić information content (AvgIpc) is 2.95. The third kappa shape index (κ3) is 3.18. The first-order chi connectivity index (χ1) is 10.4. The molecule has 4 nitrogen and oxygen atoms in total. The summed E-state index contributed by atoms with van der Waals surface area (Å²) < 4.78 is 43.2. The van der Waals surface area contributed by atoms with Gasteiger partial charge in [-0.15, -0.1) is 0 Å². The summed E-state index contributed by atoms with van der Waals surface area (Å²) in [6.07, 6.45) is 0.466. The van der Waals surface area contributed by atoms with Gasteiger partial charge < -0.3 is 9.64 Å². The van der Waals surface area contributed by atoms with Crippen molar-refractivity contribution < 1.29 is 22.7 Å². The predicted octanol–water partition coefficient (Wildman–Crippen LogP) is 2.88. The van der Waals surface area contributed by atoms with Crippen molar-refractivity contribution in [2.24, 2.45) is 5.92 Å². The Labute approximate surface area is 126 Å². The Balaban J connectivity index is 1.53. The number of carbonyl (C=O) groups is 1. The van der Waals surface area contributed by atoms with Gasteiger partial charge in [0.1, 0.15) is 6.10 Å². The molecule has 2 fully saturated rings. The number of aromatic nitrogens is 1. The molecule has 3 rings (SSSR count). The SMILES string of the molecule is O=C(C1CCCC1)N1CC(Oc2cc(C(F)(F)F)ccn2)C1. The second kappa shape index (κ2) is 5.78. The molecule has 0 spiro atoms. The Kier molecular flexibility index (Phi) is 3.97. The molecular weight excluding hydrogens is 297 g/mol. The minimum Gasteiger partial charge on any atom is -0.471 e. The van der Waals surface area contributed by atoms with Crippen LogP contribution in [0.4, 0.5) is 13.2 Å². The standard InChI is InChI=1S/C15H17F3N2O2/c16-15(17,18)11-5-6-19-13(7-11)22-12-8-20(9-12)14(21)10-3-1-2-4-10/h5-7,10,12H,1-4,8-9H2. The highest BCUT2D eigenvalue weighted by Gasteiger charge is 2.37. The van der Waals surface area contributed by atoms with E-state index in [0.717, 1.165) is 44.0 Å². The summed E-state index contributed by atoms with van der Waals surface area (Å²) in [4.78, 5) is 17.6.